The van der Waals surface area contributed by atoms with E-state index in [-0.39, 0.29) is 10.8 Å². The number of aromatic nitrogens is 1. The van der Waals surface area contributed by atoms with E-state index in [1.807, 2.05) is 0 Å². The Hall–Kier alpha value is -3.32. The molecule has 33 heavy (non-hydrogen) atoms. The Morgan fingerprint density at radius 1 is 0.545 bits per heavy atom. The van der Waals surface area contributed by atoms with Crippen molar-refractivity contribution in [3.8, 4) is 16.8 Å². The second kappa shape index (κ2) is 7.63. The standard InChI is InChI=1S/C32H33N/c1-31(2,3)23-19-24(32(4,5)6)21-25(20-23)33-29-18-11-10-15-27(29)28-17-12-16-26(30(28)33)22-13-8-7-9-14-22/h7-21H,1-6H3. The van der Waals surface area contributed by atoms with Gasteiger partial charge in [0.25, 0.3) is 0 Å². The molecule has 0 fully saturated rings. The largest absolute Gasteiger partial charge is 0.309 e. The Balaban J connectivity index is 1.94. The van der Waals surface area contributed by atoms with Gasteiger partial charge in [0.15, 0.2) is 0 Å². The van der Waals surface area contributed by atoms with Gasteiger partial charge in [-0.3, -0.25) is 0 Å². The summed E-state index contributed by atoms with van der Waals surface area (Å²) in [6.07, 6.45) is 0. The van der Waals surface area contributed by atoms with E-state index in [0.717, 1.165) is 0 Å². The van der Waals surface area contributed by atoms with Crippen LogP contribution in [0.2, 0.25) is 0 Å². The van der Waals surface area contributed by atoms with Crippen molar-refractivity contribution in [2.75, 3.05) is 0 Å². The highest BCUT2D eigenvalue weighted by Crippen LogP contribution is 2.40. The van der Waals surface area contributed by atoms with Gasteiger partial charge in [-0.15, -0.1) is 0 Å². The Morgan fingerprint density at radius 2 is 1.12 bits per heavy atom. The minimum atomic E-state index is 0.0665. The number of hydrogen-bond donors (Lipinski definition) is 0. The molecule has 5 aromatic rings. The molecule has 0 unspecified atom stereocenters. The van der Waals surface area contributed by atoms with Gasteiger partial charge in [-0.1, -0.05) is 114 Å². The lowest BCUT2D eigenvalue weighted by atomic mass is 9.80. The molecule has 0 saturated heterocycles. The third-order valence-corrected chi connectivity index (χ3v) is 6.69. The summed E-state index contributed by atoms with van der Waals surface area (Å²) < 4.78 is 2.48. The molecule has 5 rings (SSSR count). The molecule has 1 nitrogen and oxygen atoms in total. The molecule has 0 spiro atoms. The average Bonchev–Trinajstić information content (AvgIpc) is 3.13. The molecule has 0 aliphatic rings. The number of rotatable bonds is 2. The summed E-state index contributed by atoms with van der Waals surface area (Å²) in [6, 6.07) is 33.4. The summed E-state index contributed by atoms with van der Waals surface area (Å²) in [4.78, 5) is 0. The molecule has 0 radical (unpaired) electrons. The van der Waals surface area contributed by atoms with Crippen LogP contribution in [-0.2, 0) is 10.8 Å². The van der Waals surface area contributed by atoms with Crippen LogP contribution < -0.4 is 0 Å². The van der Waals surface area contributed by atoms with E-state index >= 15 is 0 Å². The van der Waals surface area contributed by atoms with E-state index < -0.39 is 0 Å². The van der Waals surface area contributed by atoms with Crippen LogP contribution in [0.3, 0.4) is 0 Å². The third kappa shape index (κ3) is 3.76. The summed E-state index contributed by atoms with van der Waals surface area (Å²) in [5.74, 6) is 0. The van der Waals surface area contributed by atoms with Crippen LogP contribution in [0, 0.1) is 0 Å². The lowest BCUT2D eigenvalue weighted by Gasteiger charge is -2.27. The second-order valence-electron chi connectivity index (χ2n) is 11.2. The zero-order chi connectivity index (χ0) is 23.4. The van der Waals surface area contributed by atoms with E-state index in [0.29, 0.717) is 0 Å². The first-order chi connectivity index (χ1) is 15.6. The number of hydrogen-bond acceptors (Lipinski definition) is 0. The van der Waals surface area contributed by atoms with Crippen LogP contribution in [0.5, 0.6) is 0 Å². The van der Waals surface area contributed by atoms with Crippen molar-refractivity contribution in [1.82, 2.24) is 4.57 Å². The van der Waals surface area contributed by atoms with Gasteiger partial charge in [0.1, 0.15) is 0 Å². The van der Waals surface area contributed by atoms with E-state index in [4.69, 9.17) is 0 Å². The van der Waals surface area contributed by atoms with Gasteiger partial charge in [-0.25, -0.2) is 0 Å². The lowest BCUT2D eigenvalue weighted by molar-refractivity contribution is 0.568. The van der Waals surface area contributed by atoms with Crippen molar-refractivity contribution in [1.29, 1.82) is 0 Å². The topological polar surface area (TPSA) is 4.93 Å². The summed E-state index contributed by atoms with van der Waals surface area (Å²) in [5.41, 5.74) is 9.15. The predicted octanol–water partition coefficient (Wildman–Crippen LogP) is 9.05. The number of para-hydroxylation sites is 2. The Labute approximate surface area is 197 Å². The fourth-order valence-corrected chi connectivity index (χ4v) is 4.74. The first-order valence-corrected chi connectivity index (χ1v) is 11.9. The van der Waals surface area contributed by atoms with Crippen LogP contribution >= 0.6 is 0 Å². The molecule has 0 aliphatic carbocycles. The molecule has 0 amide bonds. The quantitative estimate of drug-likeness (QED) is 0.263. The van der Waals surface area contributed by atoms with E-state index in [1.165, 1.54) is 49.7 Å². The molecule has 1 aromatic heterocycles. The number of fused-ring (bicyclic) bond motifs is 3. The van der Waals surface area contributed by atoms with Crippen LogP contribution in [0.25, 0.3) is 38.6 Å². The summed E-state index contributed by atoms with van der Waals surface area (Å²) in [7, 11) is 0. The maximum Gasteiger partial charge on any atom is 0.0619 e. The van der Waals surface area contributed by atoms with Crippen molar-refractivity contribution < 1.29 is 0 Å². The van der Waals surface area contributed by atoms with Crippen LogP contribution in [0.4, 0.5) is 0 Å². The fourth-order valence-electron chi connectivity index (χ4n) is 4.74. The summed E-state index contributed by atoms with van der Waals surface area (Å²) in [6.45, 7) is 13.8. The van der Waals surface area contributed by atoms with Gasteiger partial charge < -0.3 is 4.57 Å². The van der Waals surface area contributed by atoms with Gasteiger partial charge in [-0.05, 0) is 45.7 Å². The molecule has 0 atom stereocenters. The zero-order valence-electron chi connectivity index (χ0n) is 20.6. The van der Waals surface area contributed by atoms with Crippen LogP contribution in [0.1, 0.15) is 52.7 Å². The normalized spacial score (nSPS) is 12.5. The maximum atomic E-state index is 2.48. The SMILES string of the molecule is CC(C)(C)c1cc(-n2c3ccccc3c3cccc(-c4ccccc4)c32)cc(C(C)(C)C)c1. The summed E-state index contributed by atoms with van der Waals surface area (Å²) in [5, 5.41) is 2.59. The van der Waals surface area contributed by atoms with Gasteiger partial charge in [0.2, 0.25) is 0 Å². The Kier molecular flexibility index (Phi) is 4.97. The van der Waals surface area contributed by atoms with E-state index in [9.17, 15) is 0 Å². The monoisotopic (exact) mass is 431 g/mol. The Bertz CT molecular complexity index is 1420. The van der Waals surface area contributed by atoms with Gasteiger partial charge in [0.05, 0.1) is 11.0 Å². The number of nitrogens with zero attached hydrogens (tertiary/aromatic N) is 1. The van der Waals surface area contributed by atoms with E-state index in [1.54, 1.807) is 0 Å². The minimum Gasteiger partial charge on any atom is -0.309 e. The lowest BCUT2D eigenvalue weighted by Crippen LogP contribution is -2.17. The molecule has 0 N–H and O–H groups in total. The van der Waals surface area contributed by atoms with Crippen molar-refractivity contribution in [3.05, 3.63) is 102 Å². The molecule has 4 aromatic carbocycles. The molecule has 0 aliphatic heterocycles. The van der Waals surface area contributed by atoms with Crippen molar-refractivity contribution >= 4 is 21.8 Å². The first-order valence-electron chi connectivity index (χ1n) is 11.9. The first kappa shape index (κ1) is 21.5. The fraction of sp³-hybridized carbons (Fsp3) is 0.250. The molecule has 1 heterocycles. The minimum absolute atomic E-state index is 0.0665. The maximum absolute atomic E-state index is 2.48. The number of benzene rings is 4. The predicted molar refractivity (Wildman–Crippen MR) is 144 cm³/mol. The van der Waals surface area contributed by atoms with Crippen molar-refractivity contribution in [2.24, 2.45) is 0 Å². The Morgan fingerprint density at radius 3 is 1.76 bits per heavy atom. The summed E-state index contributed by atoms with van der Waals surface area (Å²) >= 11 is 0. The van der Waals surface area contributed by atoms with Gasteiger partial charge >= 0.3 is 0 Å². The molecule has 0 bridgehead atoms. The highest BCUT2D eigenvalue weighted by molar-refractivity contribution is 6.13. The molecular weight excluding hydrogens is 398 g/mol. The van der Waals surface area contributed by atoms with E-state index in [2.05, 4.69) is 137 Å². The molecular formula is C32H33N. The third-order valence-electron chi connectivity index (χ3n) is 6.69. The average molecular weight is 432 g/mol. The zero-order valence-corrected chi connectivity index (χ0v) is 20.6. The molecule has 166 valence electrons. The van der Waals surface area contributed by atoms with Crippen LogP contribution in [0.15, 0.2) is 91.0 Å². The highest BCUT2D eigenvalue weighted by Gasteiger charge is 2.23. The van der Waals surface area contributed by atoms with Gasteiger partial charge in [0, 0.05) is 22.0 Å². The second-order valence-corrected chi connectivity index (χ2v) is 11.2. The van der Waals surface area contributed by atoms with Crippen molar-refractivity contribution in [3.63, 3.8) is 0 Å². The van der Waals surface area contributed by atoms with Crippen molar-refractivity contribution in [2.45, 2.75) is 52.4 Å². The molecule has 0 saturated carbocycles. The van der Waals surface area contributed by atoms with Crippen LogP contribution in [-0.4, -0.2) is 4.57 Å². The highest BCUT2D eigenvalue weighted by atomic mass is 15.0. The van der Waals surface area contributed by atoms with Gasteiger partial charge in [-0.2, -0.15) is 0 Å². The smallest absolute Gasteiger partial charge is 0.0619 e. The molecule has 1 heteroatoms.